The molecule has 0 aliphatic heterocycles. The summed E-state index contributed by atoms with van der Waals surface area (Å²) >= 11 is 2.74. The Morgan fingerprint density at radius 2 is 2.16 bits per heavy atom. The molecule has 0 fully saturated rings. The number of aryl methyl sites for hydroxylation is 1. The molecule has 0 saturated heterocycles. The van der Waals surface area contributed by atoms with Gasteiger partial charge in [0.15, 0.2) is 0 Å². The van der Waals surface area contributed by atoms with E-state index in [0.29, 0.717) is 17.2 Å². The molecule has 3 N–H and O–H groups in total. The van der Waals surface area contributed by atoms with Crippen LogP contribution in [0.3, 0.4) is 0 Å². The number of hydrogen-bond acceptors (Lipinski definition) is 6. The van der Waals surface area contributed by atoms with Crippen LogP contribution in [0.25, 0.3) is 0 Å². The van der Waals surface area contributed by atoms with Gasteiger partial charge in [0.1, 0.15) is 9.22 Å². The van der Waals surface area contributed by atoms with E-state index in [1.54, 1.807) is 18.3 Å². The molecule has 0 spiro atoms. The van der Waals surface area contributed by atoms with Crippen molar-refractivity contribution < 1.29 is 8.42 Å². The van der Waals surface area contributed by atoms with E-state index in [1.807, 2.05) is 6.92 Å². The van der Waals surface area contributed by atoms with Gasteiger partial charge in [-0.05, 0) is 32.0 Å². The summed E-state index contributed by atoms with van der Waals surface area (Å²) < 4.78 is 27.0. The minimum Gasteiger partial charge on any atom is -0.330 e. The van der Waals surface area contributed by atoms with Gasteiger partial charge in [0.2, 0.25) is 10.0 Å². The maximum Gasteiger partial charge on any atom is 0.250 e. The molecule has 0 amide bonds. The summed E-state index contributed by atoms with van der Waals surface area (Å²) in [6.45, 7) is 2.69. The summed E-state index contributed by atoms with van der Waals surface area (Å²) in [5.41, 5.74) is 5.45. The fourth-order valence-corrected chi connectivity index (χ4v) is 4.71. The van der Waals surface area contributed by atoms with Gasteiger partial charge in [-0.3, -0.25) is 0 Å². The van der Waals surface area contributed by atoms with E-state index >= 15 is 0 Å². The first kappa shape index (κ1) is 14.6. The standard InChI is InChI=1S/C11H15N3O2S3/c1-8-6-13-10(17-8)7-14-19(15,16)11-3-2-9(18-11)4-5-12/h2-3,6,14H,4-5,7,12H2,1H3. The second kappa shape index (κ2) is 6.10. The predicted octanol–water partition coefficient (Wildman–Crippen LogP) is 1.49. The number of nitrogens with two attached hydrogens (primary N) is 1. The van der Waals surface area contributed by atoms with Crippen molar-refractivity contribution in [2.75, 3.05) is 6.54 Å². The zero-order chi connectivity index (χ0) is 13.9. The minimum absolute atomic E-state index is 0.227. The van der Waals surface area contributed by atoms with E-state index < -0.39 is 10.0 Å². The van der Waals surface area contributed by atoms with Gasteiger partial charge in [-0.15, -0.1) is 22.7 Å². The highest BCUT2D eigenvalue weighted by Gasteiger charge is 2.17. The molecule has 0 radical (unpaired) electrons. The zero-order valence-electron chi connectivity index (χ0n) is 10.4. The molecule has 8 heteroatoms. The molecule has 0 aliphatic carbocycles. The second-order valence-corrected chi connectivity index (χ2v) is 8.43. The van der Waals surface area contributed by atoms with Crippen LogP contribution in [0, 0.1) is 6.92 Å². The Morgan fingerprint density at radius 3 is 2.79 bits per heavy atom. The van der Waals surface area contributed by atoms with E-state index in [4.69, 9.17) is 5.73 Å². The van der Waals surface area contributed by atoms with E-state index in [0.717, 1.165) is 14.8 Å². The molecule has 2 rings (SSSR count). The summed E-state index contributed by atoms with van der Waals surface area (Å²) in [6.07, 6.45) is 2.44. The molecule has 0 saturated carbocycles. The van der Waals surface area contributed by atoms with E-state index in [1.165, 1.54) is 22.7 Å². The molecule has 19 heavy (non-hydrogen) atoms. The topological polar surface area (TPSA) is 85.1 Å². The van der Waals surface area contributed by atoms with Crippen LogP contribution in [-0.2, 0) is 23.0 Å². The third kappa shape index (κ3) is 3.83. The largest absolute Gasteiger partial charge is 0.330 e. The van der Waals surface area contributed by atoms with Gasteiger partial charge in [-0.2, -0.15) is 0 Å². The maximum absolute atomic E-state index is 12.1. The Bertz CT molecular complexity index is 646. The highest BCUT2D eigenvalue weighted by Crippen LogP contribution is 2.22. The van der Waals surface area contributed by atoms with Crippen molar-refractivity contribution in [2.45, 2.75) is 24.1 Å². The summed E-state index contributed by atoms with van der Waals surface area (Å²) in [4.78, 5) is 6.17. The van der Waals surface area contributed by atoms with Gasteiger partial charge >= 0.3 is 0 Å². The minimum atomic E-state index is -3.45. The van der Waals surface area contributed by atoms with Crippen molar-refractivity contribution in [3.05, 3.63) is 33.1 Å². The van der Waals surface area contributed by atoms with Crippen molar-refractivity contribution in [3.8, 4) is 0 Å². The van der Waals surface area contributed by atoms with Gasteiger partial charge in [0.25, 0.3) is 0 Å². The second-order valence-electron chi connectivity index (χ2n) is 3.95. The van der Waals surface area contributed by atoms with Crippen LogP contribution in [-0.4, -0.2) is 19.9 Å². The maximum atomic E-state index is 12.1. The number of thiophene rings is 1. The molecule has 2 heterocycles. The van der Waals surface area contributed by atoms with E-state index in [9.17, 15) is 8.42 Å². The van der Waals surface area contributed by atoms with Crippen molar-refractivity contribution in [3.63, 3.8) is 0 Å². The summed E-state index contributed by atoms with van der Waals surface area (Å²) in [5.74, 6) is 0. The van der Waals surface area contributed by atoms with Gasteiger partial charge in [-0.25, -0.2) is 18.1 Å². The molecule has 0 aliphatic rings. The van der Waals surface area contributed by atoms with Crippen molar-refractivity contribution in [1.82, 2.24) is 9.71 Å². The van der Waals surface area contributed by atoms with Crippen molar-refractivity contribution in [2.24, 2.45) is 5.73 Å². The number of rotatable bonds is 6. The number of hydrogen-bond donors (Lipinski definition) is 2. The van der Waals surface area contributed by atoms with Crippen molar-refractivity contribution in [1.29, 1.82) is 0 Å². The fraction of sp³-hybridized carbons (Fsp3) is 0.364. The van der Waals surface area contributed by atoms with Gasteiger partial charge < -0.3 is 5.73 Å². The lowest BCUT2D eigenvalue weighted by Gasteiger charge is -2.02. The lowest BCUT2D eigenvalue weighted by Crippen LogP contribution is -2.22. The normalized spacial score (nSPS) is 11.9. The first-order valence-corrected chi connectivity index (χ1v) is 8.82. The molecule has 0 aromatic carbocycles. The highest BCUT2D eigenvalue weighted by molar-refractivity contribution is 7.91. The molecule has 0 bridgehead atoms. The highest BCUT2D eigenvalue weighted by atomic mass is 32.2. The summed E-state index contributed by atoms with van der Waals surface area (Å²) in [7, 11) is -3.45. The zero-order valence-corrected chi connectivity index (χ0v) is 12.9. The fourth-order valence-electron chi connectivity index (χ4n) is 1.49. The molecule has 5 nitrogen and oxygen atoms in total. The Labute approximate surface area is 120 Å². The number of aromatic nitrogens is 1. The Hall–Kier alpha value is -0.800. The number of sulfonamides is 1. The lowest BCUT2D eigenvalue weighted by atomic mass is 10.3. The predicted molar refractivity (Wildman–Crippen MR) is 78.0 cm³/mol. The number of thiazole rings is 1. The average molecular weight is 317 g/mol. The SMILES string of the molecule is Cc1cnc(CNS(=O)(=O)c2ccc(CCN)s2)s1. The number of nitrogens with one attached hydrogen (secondary N) is 1. The first-order chi connectivity index (χ1) is 9.01. The van der Waals surface area contributed by atoms with Crippen LogP contribution in [0.4, 0.5) is 0 Å². The third-order valence-electron chi connectivity index (χ3n) is 2.38. The van der Waals surface area contributed by atoms with Crippen LogP contribution in [0.2, 0.25) is 0 Å². The molecule has 2 aromatic rings. The third-order valence-corrected chi connectivity index (χ3v) is 6.33. The van der Waals surface area contributed by atoms with Crippen LogP contribution in [0.5, 0.6) is 0 Å². The molecule has 2 aromatic heterocycles. The smallest absolute Gasteiger partial charge is 0.250 e. The average Bonchev–Trinajstić information content (AvgIpc) is 2.97. The van der Waals surface area contributed by atoms with E-state index in [2.05, 4.69) is 9.71 Å². The Balaban J connectivity index is 2.04. The van der Waals surface area contributed by atoms with Gasteiger partial charge in [0, 0.05) is 16.0 Å². The lowest BCUT2D eigenvalue weighted by molar-refractivity contribution is 0.583. The molecular formula is C11H15N3O2S3. The first-order valence-electron chi connectivity index (χ1n) is 5.71. The summed E-state index contributed by atoms with van der Waals surface area (Å²) in [5, 5.41) is 0.764. The molecule has 0 unspecified atom stereocenters. The summed E-state index contributed by atoms with van der Waals surface area (Å²) in [6, 6.07) is 3.42. The van der Waals surface area contributed by atoms with E-state index in [-0.39, 0.29) is 6.54 Å². The van der Waals surface area contributed by atoms with Crippen molar-refractivity contribution >= 4 is 32.7 Å². The quantitative estimate of drug-likeness (QED) is 0.845. The van der Waals surface area contributed by atoms with Crippen LogP contribution in [0.15, 0.2) is 22.5 Å². The Kier molecular flexibility index (Phi) is 4.69. The molecule has 104 valence electrons. The van der Waals surface area contributed by atoms with Crippen LogP contribution >= 0.6 is 22.7 Å². The molecule has 0 atom stereocenters. The molecular weight excluding hydrogens is 302 g/mol. The monoisotopic (exact) mass is 317 g/mol. The Morgan fingerprint density at radius 1 is 1.37 bits per heavy atom. The number of nitrogens with zero attached hydrogens (tertiary/aromatic N) is 1. The van der Waals surface area contributed by atoms with Crippen LogP contribution < -0.4 is 10.5 Å². The van der Waals surface area contributed by atoms with Gasteiger partial charge in [0.05, 0.1) is 6.54 Å². The van der Waals surface area contributed by atoms with Crippen LogP contribution in [0.1, 0.15) is 14.8 Å². The van der Waals surface area contributed by atoms with Gasteiger partial charge in [-0.1, -0.05) is 0 Å².